The molecular formula is C14H18N2O3. The van der Waals surface area contributed by atoms with Crippen molar-refractivity contribution >= 4 is 17.3 Å². The Bertz CT molecular complexity index is 499. The molecule has 2 N–H and O–H groups in total. The number of carbonyl (C=O) groups excluding carboxylic acids is 1. The molecule has 1 aliphatic heterocycles. The minimum absolute atomic E-state index is 0.131. The van der Waals surface area contributed by atoms with Crippen molar-refractivity contribution in [3.8, 4) is 0 Å². The van der Waals surface area contributed by atoms with Crippen LogP contribution in [0.3, 0.4) is 0 Å². The maximum atomic E-state index is 12.1. The average Bonchev–Trinajstić information content (AvgIpc) is 2.85. The molecule has 0 aliphatic carbocycles. The zero-order valence-electron chi connectivity index (χ0n) is 11.1. The first-order valence-corrected chi connectivity index (χ1v) is 6.36. The molecule has 1 saturated heterocycles. The lowest BCUT2D eigenvalue weighted by atomic mass is 10.1. The Morgan fingerprint density at radius 1 is 1.42 bits per heavy atom. The fraction of sp³-hybridized carbons (Fsp3) is 0.429. The summed E-state index contributed by atoms with van der Waals surface area (Å²) in [5, 5.41) is 14.8. The number of carbonyl (C=O) groups is 1. The molecule has 1 aliphatic rings. The molecular weight excluding hydrogens is 244 g/mol. The quantitative estimate of drug-likeness (QED) is 0.499. The van der Waals surface area contributed by atoms with E-state index in [1.165, 1.54) is 0 Å². The molecule has 2 unspecified atom stereocenters. The summed E-state index contributed by atoms with van der Waals surface area (Å²) >= 11 is 0. The van der Waals surface area contributed by atoms with Gasteiger partial charge < -0.3 is 15.3 Å². The number of rotatable bonds is 3. The number of hydrogen-bond acceptors (Lipinski definition) is 4. The van der Waals surface area contributed by atoms with E-state index in [9.17, 15) is 4.79 Å². The third-order valence-corrected chi connectivity index (χ3v) is 3.25. The van der Waals surface area contributed by atoms with Crippen LogP contribution in [0.5, 0.6) is 0 Å². The molecule has 0 bridgehead atoms. The Hall–Kier alpha value is -1.88. The molecule has 1 heterocycles. The van der Waals surface area contributed by atoms with Crippen molar-refractivity contribution in [2.75, 3.05) is 5.32 Å². The Labute approximate surface area is 112 Å². The van der Waals surface area contributed by atoms with Gasteiger partial charge in [-0.05, 0) is 32.8 Å². The van der Waals surface area contributed by atoms with Crippen molar-refractivity contribution in [3.63, 3.8) is 0 Å². The third-order valence-electron chi connectivity index (χ3n) is 3.25. The van der Waals surface area contributed by atoms with Crippen LogP contribution < -0.4 is 5.32 Å². The highest BCUT2D eigenvalue weighted by Crippen LogP contribution is 2.22. The topological polar surface area (TPSA) is 70.9 Å². The lowest BCUT2D eigenvalue weighted by Gasteiger charge is -2.14. The van der Waals surface area contributed by atoms with E-state index in [0.717, 1.165) is 12.8 Å². The largest absolute Gasteiger partial charge is 0.411 e. The smallest absolute Gasteiger partial charge is 0.253 e. The van der Waals surface area contributed by atoms with Gasteiger partial charge in [0.2, 0.25) is 0 Å². The second-order valence-electron chi connectivity index (χ2n) is 4.73. The number of hydrogen-bond donors (Lipinski definition) is 2. The van der Waals surface area contributed by atoms with Gasteiger partial charge in [0.05, 0.1) is 11.8 Å². The minimum Gasteiger partial charge on any atom is -0.411 e. The zero-order chi connectivity index (χ0) is 13.8. The van der Waals surface area contributed by atoms with Gasteiger partial charge in [-0.25, -0.2) is 0 Å². The summed E-state index contributed by atoms with van der Waals surface area (Å²) in [6, 6.07) is 7.22. The number of nitrogens with one attached hydrogen (secondary N) is 1. The fourth-order valence-corrected chi connectivity index (χ4v) is 2.17. The molecule has 2 rings (SSSR count). The van der Waals surface area contributed by atoms with Crippen LogP contribution in [-0.2, 0) is 9.53 Å². The van der Waals surface area contributed by atoms with E-state index in [1.54, 1.807) is 19.1 Å². The zero-order valence-corrected chi connectivity index (χ0v) is 11.1. The van der Waals surface area contributed by atoms with Crippen molar-refractivity contribution in [2.45, 2.75) is 38.9 Å². The Kier molecular flexibility index (Phi) is 4.16. The van der Waals surface area contributed by atoms with Crippen molar-refractivity contribution in [2.24, 2.45) is 5.16 Å². The van der Waals surface area contributed by atoms with E-state index in [0.29, 0.717) is 17.0 Å². The number of para-hydroxylation sites is 1. The van der Waals surface area contributed by atoms with Gasteiger partial charge in [-0.15, -0.1) is 0 Å². The number of amides is 1. The minimum atomic E-state index is -0.394. The number of oxime groups is 1. The number of nitrogens with zero attached hydrogens (tertiary/aromatic N) is 1. The lowest BCUT2D eigenvalue weighted by molar-refractivity contribution is -0.126. The summed E-state index contributed by atoms with van der Waals surface area (Å²) in [6.07, 6.45) is 1.38. The first-order chi connectivity index (χ1) is 9.11. The Morgan fingerprint density at radius 2 is 2.16 bits per heavy atom. The first-order valence-electron chi connectivity index (χ1n) is 6.36. The molecule has 1 fully saturated rings. The lowest BCUT2D eigenvalue weighted by Crippen LogP contribution is -2.28. The molecule has 5 heteroatoms. The highest BCUT2D eigenvalue weighted by Gasteiger charge is 2.28. The van der Waals surface area contributed by atoms with Gasteiger partial charge >= 0.3 is 0 Å². The SMILES string of the molecule is C/C(=N\O)c1ccccc1NC(=O)C1CCC(C)O1. The van der Waals surface area contributed by atoms with Gasteiger partial charge in [-0.1, -0.05) is 23.4 Å². The second kappa shape index (κ2) is 5.84. The molecule has 1 aromatic carbocycles. The third kappa shape index (κ3) is 3.12. The van der Waals surface area contributed by atoms with Crippen LogP contribution in [0.25, 0.3) is 0 Å². The van der Waals surface area contributed by atoms with Crippen LogP contribution in [0.4, 0.5) is 5.69 Å². The van der Waals surface area contributed by atoms with Crippen molar-refractivity contribution in [3.05, 3.63) is 29.8 Å². The van der Waals surface area contributed by atoms with Crippen molar-refractivity contribution < 1.29 is 14.7 Å². The molecule has 19 heavy (non-hydrogen) atoms. The molecule has 0 spiro atoms. The maximum Gasteiger partial charge on any atom is 0.253 e. The van der Waals surface area contributed by atoms with Crippen molar-refractivity contribution in [1.29, 1.82) is 0 Å². The highest BCUT2D eigenvalue weighted by atomic mass is 16.5. The number of ether oxygens (including phenoxy) is 1. The van der Waals surface area contributed by atoms with Crippen LogP contribution in [0.15, 0.2) is 29.4 Å². The van der Waals surface area contributed by atoms with Crippen LogP contribution >= 0.6 is 0 Å². The predicted octanol–water partition coefficient (Wildman–Crippen LogP) is 2.39. The van der Waals surface area contributed by atoms with E-state index in [1.807, 2.05) is 19.1 Å². The summed E-state index contributed by atoms with van der Waals surface area (Å²) in [4.78, 5) is 12.1. The van der Waals surface area contributed by atoms with Crippen molar-refractivity contribution in [1.82, 2.24) is 0 Å². The second-order valence-corrected chi connectivity index (χ2v) is 4.73. The molecule has 5 nitrogen and oxygen atoms in total. The summed E-state index contributed by atoms with van der Waals surface area (Å²) in [5.41, 5.74) is 1.78. The molecule has 2 atom stereocenters. The van der Waals surface area contributed by atoms with E-state index in [2.05, 4.69) is 10.5 Å². The van der Waals surface area contributed by atoms with Gasteiger partial charge in [0.15, 0.2) is 0 Å². The van der Waals surface area contributed by atoms with Gasteiger partial charge in [-0.2, -0.15) is 0 Å². The van der Waals surface area contributed by atoms with Crippen LogP contribution in [0, 0.1) is 0 Å². The summed E-state index contributed by atoms with van der Waals surface area (Å²) < 4.78 is 5.53. The standard InChI is InChI=1S/C14H18N2O3/c1-9-7-8-13(19-9)14(17)15-12-6-4-3-5-11(12)10(2)16-18/h3-6,9,13,18H,7-8H2,1-2H3,(H,15,17)/b16-10+. The van der Waals surface area contributed by atoms with Crippen LogP contribution in [0.1, 0.15) is 32.3 Å². The van der Waals surface area contributed by atoms with Crippen LogP contribution in [0.2, 0.25) is 0 Å². The summed E-state index contributed by atoms with van der Waals surface area (Å²) in [7, 11) is 0. The number of benzene rings is 1. The van der Waals surface area contributed by atoms with Gasteiger partial charge in [-0.3, -0.25) is 4.79 Å². The van der Waals surface area contributed by atoms with Crippen LogP contribution in [-0.4, -0.2) is 29.0 Å². The molecule has 1 aromatic rings. The highest BCUT2D eigenvalue weighted by molar-refractivity contribution is 6.06. The first kappa shape index (κ1) is 13.5. The summed E-state index contributed by atoms with van der Waals surface area (Å²) in [6.45, 7) is 3.64. The Balaban J connectivity index is 2.13. The predicted molar refractivity (Wildman–Crippen MR) is 72.6 cm³/mol. The fourth-order valence-electron chi connectivity index (χ4n) is 2.17. The maximum absolute atomic E-state index is 12.1. The number of anilines is 1. The molecule has 102 valence electrons. The monoisotopic (exact) mass is 262 g/mol. The van der Waals surface area contributed by atoms with E-state index < -0.39 is 6.10 Å². The van der Waals surface area contributed by atoms with Gasteiger partial charge in [0, 0.05) is 11.3 Å². The normalized spacial score (nSPS) is 23.4. The van der Waals surface area contributed by atoms with Gasteiger partial charge in [0.1, 0.15) is 6.10 Å². The molecule has 1 amide bonds. The molecule has 0 radical (unpaired) electrons. The van der Waals surface area contributed by atoms with Gasteiger partial charge in [0.25, 0.3) is 5.91 Å². The molecule has 0 saturated carbocycles. The summed E-state index contributed by atoms with van der Waals surface area (Å²) in [5.74, 6) is -0.150. The Morgan fingerprint density at radius 3 is 2.79 bits per heavy atom. The van der Waals surface area contributed by atoms with E-state index in [-0.39, 0.29) is 12.0 Å². The average molecular weight is 262 g/mol. The van der Waals surface area contributed by atoms with E-state index in [4.69, 9.17) is 9.94 Å². The molecule has 0 aromatic heterocycles. The van der Waals surface area contributed by atoms with E-state index >= 15 is 0 Å².